The van der Waals surface area contributed by atoms with Gasteiger partial charge in [0.15, 0.2) is 9.84 Å². The second kappa shape index (κ2) is 7.84. The Kier molecular flexibility index (Phi) is 5.51. The molecule has 0 aliphatic heterocycles. The molecule has 0 aliphatic rings. The van der Waals surface area contributed by atoms with E-state index >= 15 is 0 Å². The highest BCUT2D eigenvalue weighted by molar-refractivity contribution is 7.90. The Bertz CT molecular complexity index is 1000. The molecule has 6 nitrogen and oxygen atoms in total. The second-order valence-corrected chi connectivity index (χ2v) is 7.99. The van der Waals surface area contributed by atoms with Crippen LogP contribution in [0.4, 0.5) is 0 Å². The van der Waals surface area contributed by atoms with Gasteiger partial charge in [0.2, 0.25) is 0 Å². The Morgan fingerprint density at radius 1 is 0.963 bits per heavy atom. The van der Waals surface area contributed by atoms with Gasteiger partial charge in [0, 0.05) is 23.6 Å². The van der Waals surface area contributed by atoms with Gasteiger partial charge in [-0.25, -0.2) is 13.4 Å². The summed E-state index contributed by atoms with van der Waals surface area (Å²) in [7, 11) is -3.23. The van der Waals surface area contributed by atoms with E-state index < -0.39 is 9.84 Å². The molecule has 0 N–H and O–H groups in total. The van der Waals surface area contributed by atoms with Crippen molar-refractivity contribution in [2.75, 3.05) is 19.5 Å². The molecule has 2 aromatic carbocycles. The molecule has 1 heterocycles. The van der Waals surface area contributed by atoms with E-state index in [1.54, 1.807) is 36.8 Å². The molecule has 0 radical (unpaired) electrons. The number of sulfone groups is 1. The normalized spacial score (nSPS) is 11.4. The summed E-state index contributed by atoms with van der Waals surface area (Å²) in [4.78, 5) is 4.54. The van der Waals surface area contributed by atoms with E-state index in [-0.39, 0.29) is 4.90 Å². The van der Waals surface area contributed by atoms with E-state index in [0.29, 0.717) is 13.2 Å². The van der Waals surface area contributed by atoms with Crippen molar-refractivity contribution in [2.45, 2.75) is 18.7 Å². The first-order valence-corrected chi connectivity index (χ1v) is 10.6. The van der Waals surface area contributed by atoms with Crippen molar-refractivity contribution in [1.29, 1.82) is 0 Å². The van der Waals surface area contributed by atoms with Gasteiger partial charge in [-0.15, -0.1) is 0 Å². The quantitative estimate of drug-likeness (QED) is 0.619. The molecule has 3 rings (SSSR count). The lowest BCUT2D eigenvalue weighted by Crippen LogP contribution is -2.00. The largest absolute Gasteiger partial charge is 0.494 e. The van der Waals surface area contributed by atoms with Gasteiger partial charge in [-0.3, -0.25) is 4.57 Å². The number of nitrogens with zero attached hydrogens (tertiary/aromatic N) is 2. The summed E-state index contributed by atoms with van der Waals surface area (Å²) in [5.41, 5.74) is 2.56. The lowest BCUT2D eigenvalue weighted by molar-refractivity contribution is 0.323. The van der Waals surface area contributed by atoms with E-state index in [4.69, 9.17) is 9.47 Å². The predicted molar refractivity (Wildman–Crippen MR) is 104 cm³/mol. The van der Waals surface area contributed by atoms with Crippen LogP contribution in [-0.4, -0.2) is 37.4 Å². The van der Waals surface area contributed by atoms with Gasteiger partial charge in [0.25, 0.3) is 0 Å². The SMILES string of the molecule is CCOc1cc(OCC)cc(-c2cncn2-c2ccc(S(C)(=O)=O)cc2)c1. The van der Waals surface area contributed by atoms with Crippen LogP contribution in [-0.2, 0) is 9.84 Å². The molecule has 0 atom stereocenters. The first-order chi connectivity index (χ1) is 12.9. The van der Waals surface area contributed by atoms with Crippen LogP contribution in [0.2, 0.25) is 0 Å². The van der Waals surface area contributed by atoms with Crippen LogP contribution in [0.25, 0.3) is 16.9 Å². The van der Waals surface area contributed by atoms with Crippen molar-refractivity contribution in [2.24, 2.45) is 0 Å². The van der Waals surface area contributed by atoms with E-state index in [0.717, 1.165) is 28.4 Å². The molecule has 0 saturated carbocycles. The third-order valence-electron chi connectivity index (χ3n) is 3.98. The van der Waals surface area contributed by atoms with Crippen LogP contribution in [0.5, 0.6) is 11.5 Å². The highest BCUT2D eigenvalue weighted by atomic mass is 32.2. The minimum atomic E-state index is -3.23. The number of hydrogen-bond donors (Lipinski definition) is 0. The van der Waals surface area contributed by atoms with Crippen LogP contribution in [0.15, 0.2) is 59.9 Å². The maximum atomic E-state index is 11.7. The maximum Gasteiger partial charge on any atom is 0.175 e. The fourth-order valence-corrected chi connectivity index (χ4v) is 3.42. The van der Waals surface area contributed by atoms with Crippen molar-refractivity contribution in [3.63, 3.8) is 0 Å². The summed E-state index contributed by atoms with van der Waals surface area (Å²) >= 11 is 0. The highest BCUT2D eigenvalue weighted by Crippen LogP contribution is 2.31. The van der Waals surface area contributed by atoms with Gasteiger partial charge in [0.05, 0.1) is 36.3 Å². The Hall–Kier alpha value is -2.80. The summed E-state index contributed by atoms with van der Waals surface area (Å²) in [6.45, 7) is 4.98. The molecule has 0 amide bonds. The Morgan fingerprint density at radius 3 is 2.07 bits per heavy atom. The van der Waals surface area contributed by atoms with Gasteiger partial charge >= 0.3 is 0 Å². The molecular weight excluding hydrogens is 364 g/mol. The molecule has 27 heavy (non-hydrogen) atoms. The van der Waals surface area contributed by atoms with Crippen molar-refractivity contribution in [3.8, 4) is 28.4 Å². The lowest BCUT2D eigenvalue weighted by Gasteiger charge is -2.13. The molecule has 0 fully saturated rings. The van der Waals surface area contributed by atoms with Crippen LogP contribution in [0.3, 0.4) is 0 Å². The van der Waals surface area contributed by atoms with Gasteiger partial charge in [-0.1, -0.05) is 0 Å². The lowest BCUT2D eigenvalue weighted by atomic mass is 10.1. The van der Waals surface area contributed by atoms with Crippen molar-refractivity contribution in [3.05, 3.63) is 55.0 Å². The van der Waals surface area contributed by atoms with Crippen LogP contribution >= 0.6 is 0 Å². The van der Waals surface area contributed by atoms with Crippen LogP contribution in [0, 0.1) is 0 Å². The number of ether oxygens (including phenoxy) is 2. The molecule has 1 aromatic heterocycles. The third kappa shape index (κ3) is 4.31. The Balaban J connectivity index is 2.04. The average molecular weight is 386 g/mol. The summed E-state index contributed by atoms with van der Waals surface area (Å²) in [5, 5.41) is 0. The molecule has 0 bridgehead atoms. The number of aromatic nitrogens is 2. The monoisotopic (exact) mass is 386 g/mol. The molecule has 142 valence electrons. The fourth-order valence-electron chi connectivity index (χ4n) is 2.79. The van der Waals surface area contributed by atoms with E-state index in [1.807, 2.05) is 36.6 Å². The summed E-state index contributed by atoms with van der Waals surface area (Å²) in [5.74, 6) is 1.44. The molecule has 0 saturated heterocycles. The first kappa shape index (κ1) is 19.0. The van der Waals surface area contributed by atoms with Crippen molar-refractivity contribution < 1.29 is 17.9 Å². The number of benzene rings is 2. The summed E-state index contributed by atoms with van der Waals surface area (Å²) < 4.78 is 36.5. The van der Waals surface area contributed by atoms with Gasteiger partial charge < -0.3 is 9.47 Å². The number of rotatable bonds is 7. The zero-order valence-corrected chi connectivity index (χ0v) is 16.4. The van der Waals surface area contributed by atoms with E-state index in [9.17, 15) is 8.42 Å². The third-order valence-corrected chi connectivity index (χ3v) is 5.11. The van der Waals surface area contributed by atoms with Gasteiger partial charge in [-0.2, -0.15) is 0 Å². The highest BCUT2D eigenvalue weighted by Gasteiger charge is 2.12. The van der Waals surface area contributed by atoms with Gasteiger partial charge in [-0.05, 0) is 50.2 Å². The van der Waals surface area contributed by atoms with Crippen LogP contribution in [0.1, 0.15) is 13.8 Å². The van der Waals surface area contributed by atoms with Crippen molar-refractivity contribution in [1.82, 2.24) is 9.55 Å². The molecule has 0 aliphatic carbocycles. The summed E-state index contributed by atoms with van der Waals surface area (Å²) in [6, 6.07) is 12.4. The van der Waals surface area contributed by atoms with E-state index in [2.05, 4.69) is 4.98 Å². The zero-order chi connectivity index (χ0) is 19.4. The average Bonchev–Trinajstić information content (AvgIpc) is 3.11. The molecule has 7 heteroatoms. The minimum absolute atomic E-state index is 0.282. The first-order valence-electron chi connectivity index (χ1n) is 8.66. The maximum absolute atomic E-state index is 11.7. The summed E-state index contributed by atoms with van der Waals surface area (Å²) in [6.07, 6.45) is 4.64. The standard InChI is InChI=1S/C20H22N2O4S/c1-4-25-17-10-15(11-18(12-17)26-5-2)20-13-21-14-22(20)16-6-8-19(9-7-16)27(3,23)24/h6-14H,4-5H2,1-3H3. The smallest absolute Gasteiger partial charge is 0.175 e. The zero-order valence-electron chi connectivity index (χ0n) is 15.5. The minimum Gasteiger partial charge on any atom is -0.494 e. The second-order valence-electron chi connectivity index (χ2n) is 5.97. The number of imidazole rings is 1. The molecule has 0 unspecified atom stereocenters. The topological polar surface area (TPSA) is 70.4 Å². The number of hydrogen-bond acceptors (Lipinski definition) is 5. The van der Waals surface area contributed by atoms with Crippen LogP contribution < -0.4 is 9.47 Å². The fraction of sp³-hybridized carbons (Fsp3) is 0.250. The molecular formula is C20H22N2O4S. The molecule has 3 aromatic rings. The Morgan fingerprint density at radius 2 is 1.56 bits per heavy atom. The molecule has 0 spiro atoms. The Labute approximate surface area is 159 Å². The van der Waals surface area contributed by atoms with E-state index in [1.165, 1.54) is 6.26 Å². The van der Waals surface area contributed by atoms with Crippen molar-refractivity contribution >= 4 is 9.84 Å². The van der Waals surface area contributed by atoms with Gasteiger partial charge in [0.1, 0.15) is 11.5 Å². The predicted octanol–water partition coefficient (Wildman–Crippen LogP) is 3.74.